The summed E-state index contributed by atoms with van der Waals surface area (Å²) in [5.74, 6) is 0.807. The Morgan fingerprint density at radius 1 is 1.31 bits per heavy atom. The predicted octanol–water partition coefficient (Wildman–Crippen LogP) is 2.27. The number of pyridine rings is 1. The van der Waals surface area contributed by atoms with Crippen molar-refractivity contribution in [3.05, 3.63) is 30.5 Å². The second-order valence-corrected chi connectivity index (χ2v) is 4.61. The van der Waals surface area contributed by atoms with Crippen molar-refractivity contribution in [3.63, 3.8) is 0 Å². The van der Waals surface area contributed by atoms with Crippen molar-refractivity contribution in [1.29, 1.82) is 0 Å². The van der Waals surface area contributed by atoms with Crippen molar-refractivity contribution >= 4 is 22.3 Å². The molecule has 2 heterocycles. The molecule has 3 rings (SSSR count). The molecule has 0 aliphatic carbocycles. The summed E-state index contributed by atoms with van der Waals surface area (Å²) in [4.78, 5) is 6.67. The molecule has 1 saturated heterocycles. The number of rotatable bonds is 1. The molecule has 3 nitrogen and oxygen atoms in total. The molecule has 0 bridgehead atoms. The van der Waals surface area contributed by atoms with Crippen LogP contribution in [0.2, 0.25) is 0 Å². The molecule has 1 aliphatic rings. The first-order chi connectivity index (χ1) is 7.74. The quantitative estimate of drug-likeness (QED) is 0.790. The van der Waals surface area contributed by atoms with E-state index < -0.39 is 0 Å². The summed E-state index contributed by atoms with van der Waals surface area (Å²) < 4.78 is 0. The van der Waals surface area contributed by atoms with Crippen molar-refractivity contribution < 1.29 is 0 Å². The number of nitrogen functional groups attached to an aromatic ring is 1. The largest absolute Gasteiger partial charge is 0.398 e. The molecule has 82 valence electrons. The zero-order valence-corrected chi connectivity index (χ0v) is 9.35. The summed E-state index contributed by atoms with van der Waals surface area (Å²) in [5, 5.41) is 1.06. The maximum atomic E-state index is 5.95. The average Bonchev–Trinajstić information content (AvgIpc) is 2.25. The van der Waals surface area contributed by atoms with Crippen LogP contribution in [0.25, 0.3) is 10.9 Å². The summed E-state index contributed by atoms with van der Waals surface area (Å²) in [5.41, 5.74) is 8.98. The van der Waals surface area contributed by atoms with E-state index in [2.05, 4.69) is 28.9 Å². The van der Waals surface area contributed by atoms with Crippen LogP contribution in [0.3, 0.4) is 0 Å². The summed E-state index contributed by atoms with van der Waals surface area (Å²) in [7, 11) is 0. The molecule has 2 N–H and O–H groups in total. The van der Waals surface area contributed by atoms with Crippen molar-refractivity contribution in [2.45, 2.75) is 6.92 Å². The number of nitrogens with two attached hydrogens (primary N) is 1. The van der Waals surface area contributed by atoms with Crippen LogP contribution in [-0.2, 0) is 0 Å². The van der Waals surface area contributed by atoms with Crippen LogP contribution in [0, 0.1) is 5.92 Å². The number of aromatic nitrogens is 1. The monoisotopic (exact) mass is 213 g/mol. The second kappa shape index (κ2) is 3.37. The van der Waals surface area contributed by atoms with Crippen LogP contribution in [0.5, 0.6) is 0 Å². The minimum Gasteiger partial charge on any atom is -0.398 e. The lowest BCUT2D eigenvalue weighted by Gasteiger charge is -2.39. The number of fused-ring (bicyclic) bond motifs is 1. The molecule has 0 atom stereocenters. The normalized spacial score (nSPS) is 16.4. The van der Waals surface area contributed by atoms with E-state index in [1.165, 1.54) is 5.69 Å². The van der Waals surface area contributed by atoms with E-state index in [0.29, 0.717) is 0 Å². The van der Waals surface area contributed by atoms with E-state index in [-0.39, 0.29) is 0 Å². The fourth-order valence-electron chi connectivity index (χ4n) is 2.26. The van der Waals surface area contributed by atoms with Crippen LogP contribution in [0.4, 0.5) is 11.4 Å². The topological polar surface area (TPSA) is 42.2 Å². The first-order valence-corrected chi connectivity index (χ1v) is 5.63. The first-order valence-electron chi connectivity index (χ1n) is 5.63. The number of anilines is 2. The van der Waals surface area contributed by atoms with E-state index in [0.717, 1.165) is 35.6 Å². The third kappa shape index (κ3) is 1.40. The minimum atomic E-state index is 0.806. The lowest BCUT2D eigenvalue weighted by Crippen LogP contribution is -2.45. The van der Waals surface area contributed by atoms with Gasteiger partial charge in [-0.1, -0.05) is 6.92 Å². The summed E-state index contributed by atoms with van der Waals surface area (Å²) >= 11 is 0. The highest BCUT2D eigenvalue weighted by Crippen LogP contribution is 2.29. The Morgan fingerprint density at radius 3 is 2.88 bits per heavy atom. The summed E-state index contributed by atoms with van der Waals surface area (Å²) in [6.07, 6.45) is 1.75. The predicted molar refractivity (Wildman–Crippen MR) is 67.5 cm³/mol. The molecule has 0 amide bonds. The van der Waals surface area contributed by atoms with Gasteiger partial charge in [0.1, 0.15) is 0 Å². The number of hydrogen-bond acceptors (Lipinski definition) is 3. The van der Waals surface area contributed by atoms with Gasteiger partial charge in [-0.05, 0) is 30.2 Å². The molecule has 2 aromatic rings. The molecule has 1 aromatic carbocycles. The molecule has 0 spiro atoms. The van der Waals surface area contributed by atoms with Crippen LogP contribution in [0.1, 0.15) is 6.92 Å². The van der Waals surface area contributed by atoms with Crippen LogP contribution < -0.4 is 10.6 Å². The van der Waals surface area contributed by atoms with Crippen LogP contribution in [0.15, 0.2) is 30.5 Å². The SMILES string of the molecule is CC1CN(c2ccc3nccc(N)c3c2)C1. The van der Waals surface area contributed by atoms with Crippen LogP contribution in [-0.4, -0.2) is 18.1 Å². The van der Waals surface area contributed by atoms with E-state index in [9.17, 15) is 0 Å². The lowest BCUT2D eigenvalue weighted by atomic mass is 10.0. The molecule has 1 fully saturated rings. The van der Waals surface area contributed by atoms with Gasteiger partial charge < -0.3 is 10.6 Å². The number of benzene rings is 1. The first kappa shape index (κ1) is 9.46. The highest BCUT2D eigenvalue weighted by atomic mass is 15.2. The zero-order chi connectivity index (χ0) is 11.1. The Bertz CT molecular complexity index is 530. The maximum absolute atomic E-state index is 5.95. The molecule has 1 aliphatic heterocycles. The molecule has 0 radical (unpaired) electrons. The fraction of sp³-hybridized carbons (Fsp3) is 0.308. The van der Waals surface area contributed by atoms with E-state index in [1.54, 1.807) is 6.20 Å². The summed E-state index contributed by atoms with van der Waals surface area (Å²) in [6, 6.07) is 8.17. The third-order valence-corrected chi connectivity index (χ3v) is 3.19. The standard InChI is InChI=1S/C13H15N3/c1-9-7-16(8-9)10-2-3-13-11(6-10)12(14)4-5-15-13/h2-6,9H,7-8H2,1H3,(H2,14,15). The average molecular weight is 213 g/mol. The van der Waals surface area contributed by atoms with Crippen molar-refractivity contribution in [1.82, 2.24) is 4.98 Å². The van der Waals surface area contributed by atoms with Crippen molar-refractivity contribution in [2.24, 2.45) is 5.92 Å². The Hall–Kier alpha value is -1.77. The Morgan fingerprint density at radius 2 is 2.12 bits per heavy atom. The van der Waals surface area contributed by atoms with Crippen LogP contribution >= 0.6 is 0 Å². The minimum absolute atomic E-state index is 0.806. The smallest absolute Gasteiger partial charge is 0.0724 e. The highest BCUT2D eigenvalue weighted by molar-refractivity contribution is 5.92. The van der Waals surface area contributed by atoms with Gasteiger partial charge in [-0.25, -0.2) is 0 Å². The lowest BCUT2D eigenvalue weighted by molar-refractivity contribution is 0.447. The molecule has 16 heavy (non-hydrogen) atoms. The third-order valence-electron chi connectivity index (χ3n) is 3.19. The molecular formula is C13H15N3. The van der Waals surface area contributed by atoms with Crippen molar-refractivity contribution in [2.75, 3.05) is 23.7 Å². The van der Waals surface area contributed by atoms with Crippen molar-refractivity contribution in [3.8, 4) is 0 Å². The van der Waals surface area contributed by atoms with E-state index >= 15 is 0 Å². The van der Waals surface area contributed by atoms with Gasteiger partial charge >= 0.3 is 0 Å². The second-order valence-electron chi connectivity index (χ2n) is 4.61. The van der Waals surface area contributed by atoms with Gasteiger partial charge in [0, 0.05) is 36.0 Å². The van der Waals surface area contributed by atoms with Gasteiger partial charge in [-0.3, -0.25) is 4.98 Å². The number of hydrogen-bond donors (Lipinski definition) is 1. The zero-order valence-electron chi connectivity index (χ0n) is 9.35. The Balaban J connectivity index is 2.05. The Labute approximate surface area is 94.9 Å². The van der Waals surface area contributed by atoms with E-state index in [4.69, 9.17) is 5.73 Å². The number of nitrogens with zero attached hydrogens (tertiary/aromatic N) is 2. The molecule has 3 heteroatoms. The highest BCUT2D eigenvalue weighted by Gasteiger charge is 2.22. The molecule has 0 saturated carbocycles. The van der Waals surface area contributed by atoms with Gasteiger partial charge in [0.05, 0.1) is 5.52 Å². The van der Waals surface area contributed by atoms with E-state index in [1.807, 2.05) is 12.1 Å². The fourth-order valence-corrected chi connectivity index (χ4v) is 2.26. The Kier molecular flexibility index (Phi) is 1.99. The van der Waals surface area contributed by atoms with Gasteiger partial charge in [0.25, 0.3) is 0 Å². The van der Waals surface area contributed by atoms with Gasteiger partial charge in [0.2, 0.25) is 0 Å². The molecular weight excluding hydrogens is 198 g/mol. The van der Waals surface area contributed by atoms with Gasteiger partial charge in [-0.2, -0.15) is 0 Å². The van der Waals surface area contributed by atoms with Gasteiger partial charge in [0.15, 0.2) is 0 Å². The van der Waals surface area contributed by atoms with Gasteiger partial charge in [-0.15, -0.1) is 0 Å². The summed E-state index contributed by atoms with van der Waals surface area (Å²) in [6.45, 7) is 4.56. The maximum Gasteiger partial charge on any atom is 0.0724 e. The molecule has 1 aromatic heterocycles. The molecule has 0 unspecified atom stereocenters.